The van der Waals surface area contributed by atoms with Gasteiger partial charge in [-0.15, -0.1) is 0 Å². The van der Waals surface area contributed by atoms with E-state index in [1.54, 1.807) is 0 Å². The van der Waals surface area contributed by atoms with E-state index < -0.39 is 0 Å². The lowest BCUT2D eigenvalue weighted by Crippen LogP contribution is -2.20. The molecule has 2 nitrogen and oxygen atoms in total. The van der Waals surface area contributed by atoms with Crippen LogP contribution in [0.4, 0.5) is 0 Å². The Bertz CT molecular complexity index is 567. The third-order valence-electron chi connectivity index (χ3n) is 5.61. The Morgan fingerprint density at radius 1 is 0.724 bits per heavy atom. The van der Waals surface area contributed by atoms with Gasteiger partial charge in [-0.3, -0.25) is 4.79 Å². The van der Waals surface area contributed by atoms with Crippen molar-refractivity contribution in [3.63, 3.8) is 0 Å². The van der Waals surface area contributed by atoms with E-state index in [1.807, 2.05) is 12.1 Å². The summed E-state index contributed by atoms with van der Waals surface area (Å²) >= 11 is 0. The van der Waals surface area contributed by atoms with Crippen LogP contribution in [0, 0.1) is 0 Å². The van der Waals surface area contributed by atoms with Gasteiger partial charge in [0.2, 0.25) is 0 Å². The Balaban J connectivity index is 2.61. The van der Waals surface area contributed by atoms with E-state index >= 15 is 0 Å². The fraction of sp³-hybridized carbons (Fsp3) is 0.741. The molecule has 2 heteroatoms. The molecule has 0 fully saturated rings. The molecule has 1 aromatic rings. The topological polar surface area (TPSA) is 26.3 Å². The van der Waals surface area contributed by atoms with Crippen molar-refractivity contribution in [3.8, 4) is 5.75 Å². The number of hydrogen-bond acceptors (Lipinski definition) is 2. The quantitative estimate of drug-likeness (QED) is 0.244. The third kappa shape index (κ3) is 9.36. The Morgan fingerprint density at radius 2 is 1.14 bits per heavy atom. The van der Waals surface area contributed by atoms with Crippen LogP contribution in [0.1, 0.15) is 134 Å². The van der Waals surface area contributed by atoms with E-state index in [0.717, 1.165) is 41.8 Å². The van der Waals surface area contributed by atoms with Crippen LogP contribution < -0.4 is 4.74 Å². The molecular formula is C27H46O2. The molecule has 29 heavy (non-hydrogen) atoms. The molecule has 1 rings (SSSR count). The highest BCUT2D eigenvalue weighted by molar-refractivity contribution is 5.77. The van der Waals surface area contributed by atoms with Gasteiger partial charge in [0, 0.05) is 16.7 Å². The minimum Gasteiger partial charge on any atom is -0.493 e. The van der Waals surface area contributed by atoms with Crippen LogP contribution in [-0.2, 0) is 10.8 Å². The van der Waals surface area contributed by atoms with Gasteiger partial charge < -0.3 is 4.74 Å². The largest absolute Gasteiger partial charge is 0.493 e. The van der Waals surface area contributed by atoms with E-state index in [1.165, 1.54) is 57.8 Å². The second kappa shape index (κ2) is 12.4. The summed E-state index contributed by atoms with van der Waals surface area (Å²) in [4.78, 5) is 11.5. The van der Waals surface area contributed by atoms with Crippen LogP contribution in [0.15, 0.2) is 12.1 Å². The standard InChI is InChI=1S/C27H46O2/c1-8-9-10-11-12-13-14-15-16-17-18-29-25-23(26(2,3)4)19-22(21-28)20-24(25)27(5,6)7/h19-21H,8-18H2,1-7H3. The van der Waals surface area contributed by atoms with E-state index in [2.05, 4.69) is 48.5 Å². The van der Waals surface area contributed by atoms with E-state index in [-0.39, 0.29) is 10.8 Å². The van der Waals surface area contributed by atoms with Crippen molar-refractivity contribution in [2.24, 2.45) is 0 Å². The number of carbonyl (C=O) groups excluding carboxylic acids is 1. The van der Waals surface area contributed by atoms with E-state index in [9.17, 15) is 4.79 Å². The van der Waals surface area contributed by atoms with Crippen LogP contribution in [0.25, 0.3) is 0 Å². The zero-order valence-corrected chi connectivity index (χ0v) is 20.3. The summed E-state index contributed by atoms with van der Waals surface area (Å²) < 4.78 is 6.38. The average molecular weight is 403 g/mol. The van der Waals surface area contributed by atoms with Crippen molar-refractivity contribution < 1.29 is 9.53 Å². The first kappa shape index (κ1) is 25.7. The summed E-state index contributed by atoms with van der Waals surface area (Å²) in [6.07, 6.45) is 14.2. The lowest BCUT2D eigenvalue weighted by molar-refractivity contribution is 0.112. The van der Waals surface area contributed by atoms with Gasteiger partial charge in [-0.1, -0.05) is 106 Å². The van der Waals surface area contributed by atoms with E-state index in [0.29, 0.717) is 0 Å². The number of carbonyl (C=O) groups is 1. The second-order valence-corrected chi connectivity index (χ2v) is 10.6. The Hall–Kier alpha value is -1.31. The lowest BCUT2D eigenvalue weighted by atomic mass is 9.78. The maximum absolute atomic E-state index is 11.5. The molecule has 0 N–H and O–H groups in total. The van der Waals surface area contributed by atoms with Crippen molar-refractivity contribution in [1.29, 1.82) is 0 Å². The molecule has 1 aromatic carbocycles. The van der Waals surface area contributed by atoms with Gasteiger partial charge in [-0.05, 0) is 29.4 Å². The number of benzene rings is 1. The van der Waals surface area contributed by atoms with Crippen LogP contribution >= 0.6 is 0 Å². The molecule has 0 aliphatic heterocycles. The first-order valence-corrected chi connectivity index (χ1v) is 11.9. The molecule has 0 unspecified atom stereocenters. The lowest BCUT2D eigenvalue weighted by Gasteiger charge is -2.30. The second-order valence-electron chi connectivity index (χ2n) is 10.6. The summed E-state index contributed by atoms with van der Waals surface area (Å²) in [5, 5.41) is 0. The molecule has 0 saturated heterocycles. The maximum atomic E-state index is 11.5. The minimum atomic E-state index is -0.0634. The number of rotatable bonds is 13. The number of hydrogen-bond donors (Lipinski definition) is 0. The zero-order chi connectivity index (χ0) is 21.9. The third-order valence-corrected chi connectivity index (χ3v) is 5.61. The molecule has 0 heterocycles. The number of unbranched alkanes of at least 4 members (excludes halogenated alkanes) is 9. The molecule has 0 atom stereocenters. The first-order chi connectivity index (χ1) is 13.6. The fourth-order valence-corrected chi connectivity index (χ4v) is 3.75. The summed E-state index contributed by atoms with van der Waals surface area (Å²) in [5.74, 6) is 0.992. The molecule has 0 aromatic heterocycles. The molecule has 0 spiro atoms. The first-order valence-electron chi connectivity index (χ1n) is 11.9. The molecular weight excluding hydrogens is 356 g/mol. The SMILES string of the molecule is CCCCCCCCCCCCOc1c(C(C)(C)C)cc(C=O)cc1C(C)(C)C. The summed E-state index contributed by atoms with van der Waals surface area (Å²) in [7, 11) is 0. The van der Waals surface area contributed by atoms with Gasteiger partial charge in [-0.2, -0.15) is 0 Å². The van der Waals surface area contributed by atoms with Crippen LogP contribution in [0.5, 0.6) is 5.75 Å². The van der Waals surface area contributed by atoms with Crippen molar-refractivity contribution in [2.75, 3.05) is 6.61 Å². The summed E-state index contributed by atoms with van der Waals surface area (Å²) in [5.41, 5.74) is 2.89. The van der Waals surface area contributed by atoms with Crippen LogP contribution in [0.2, 0.25) is 0 Å². The Labute approximate surface area is 180 Å². The van der Waals surface area contributed by atoms with Gasteiger partial charge in [-0.25, -0.2) is 0 Å². The normalized spacial score (nSPS) is 12.2. The predicted octanol–water partition coefficient (Wildman–Crippen LogP) is 8.39. The molecule has 0 bridgehead atoms. The maximum Gasteiger partial charge on any atom is 0.150 e. The van der Waals surface area contributed by atoms with Crippen molar-refractivity contribution >= 4 is 6.29 Å². The van der Waals surface area contributed by atoms with Crippen LogP contribution in [0.3, 0.4) is 0 Å². The van der Waals surface area contributed by atoms with Crippen molar-refractivity contribution in [2.45, 2.75) is 124 Å². The molecule has 0 radical (unpaired) electrons. The van der Waals surface area contributed by atoms with Gasteiger partial charge in [0.25, 0.3) is 0 Å². The van der Waals surface area contributed by atoms with Gasteiger partial charge in [0.1, 0.15) is 12.0 Å². The molecule has 0 amide bonds. The Kier molecular flexibility index (Phi) is 11.0. The Morgan fingerprint density at radius 3 is 1.52 bits per heavy atom. The number of aldehydes is 1. The van der Waals surface area contributed by atoms with Crippen molar-refractivity contribution in [3.05, 3.63) is 28.8 Å². The van der Waals surface area contributed by atoms with Crippen LogP contribution in [-0.4, -0.2) is 12.9 Å². The average Bonchev–Trinajstić information content (AvgIpc) is 2.64. The minimum absolute atomic E-state index is 0.0634. The molecule has 0 saturated carbocycles. The van der Waals surface area contributed by atoms with Crippen molar-refractivity contribution in [1.82, 2.24) is 0 Å². The highest BCUT2D eigenvalue weighted by Crippen LogP contribution is 2.40. The van der Waals surface area contributed by atoms with Gasteiger partial charge in [0.05, 0.1) is 6.61 Å². The molecule has 0 aliphatic rings. The predicted molar refractivity (Wildman–Crippen MR) is 127 cm³/mol. The zero-order valence-electron chi connectivity index (χ0n) is 20.3. The van der Waals surface area contributed by atoms with E-state index in [4.69, 9.17) is 4.74 Å². The summed E-state index contributed by atoms with van der Waals surface area (Å²) in [6, 6.07) is 4.02. The fourth-order valence-electron chi connectivity index (χ4n) is 3.75. The molecule has 0 aliphatic carbocycles. The summed E-state index contributed by atoms with van der Waals surface area (Å²) in [6.45, 7) is 16.2. The highest BCUT2D eigenvalue weighted by Gasteiger charge is 2.27. The smallest absolute Gasteiger partial charge is 0.150 e. The highest BCUT2D eigenvalue weighted by atomic mass is 16.5. The number of ether oxygens (including phenoxy) is 1. The monoisotopic (exact) mass is 402 g/mol. The van der Waals surface area contributed by atoms with Gasteiger partial charge >= 0.3 is 0 Å². The molecule has 166 valence electrons. The van der Waals surface area contributed by atoms with Gasteiger partial charge in [0.15, 0.2) is 0 Å².